The fourth-order valence-electron chi connectivity index (χ4n) is 17.9. The molecular formula is C62H102O33. The minimum Gasteiger partial charge on any atom is -0.394 e. The van der Waals surface area contributed by atoms with Gasteiger partial charge in [-0.25, -0.2) is 0 Å². The molecular weight excluding hydrogens is 1270 g/mol. The highest BCUT2D eigenvalue weighted by Crippen LogP contribution is 2.70. The zero-order chi connectivity index (χ0) is 68.8. The zero-order valence-electron chi connectivity index (χ0n) is 53.8. The second-order valence-electron chi connectivity index (χ2n) is 29.3. The summed E-state index contributed by atoms with van der Waals surface area (Å²) in [5, 5.41) is 206. The fourth-order valence-corrected chi connectivity index (χ4v) is 17.9. The highest BCUT2D eigenvalue weighted by atomic mass is 16.8. The van der Waals surface area contributed by atoms with Gasteiger partial charge in [-0.1, -0.05) is 27.7 Å². The maximum absolute atomic E-state index is 14.9. The largest absolute Gasteiger partial charge is 0.394 e. The van der Waals surface area contributed by atoms with Crippen LogP contribution in [0.4, 0.5) is 0 Å². The number of ether oxygens (including phenoxy) is 13. The summed E-state index contributed by atoms with van der Waals surface area (Å²) in [5.74, 6) is -1.88. The van der Waals surface area contributed by atoms with Gasteiger partial charge in [-0.2, -0.15) is 0 Å². The molecule has 41 unspecified atom stereocenters. The maximum Gasteiger partial charge on any atom is 0.187 e. The molecule has 548 valence electrons. The van der Waals surface area contributed by atoms with E-state index in [1.807, 2.05) is 13.8 Å². The van der Waals surface area contributed by atoms with Crippen molar-refractivity contribution in [3.05, 3.63) is 0 Å². The smallest absolute Gasteiger partial charge is 0.187 e. The van der Waals surface area contributed by atoms with Gasteiger partial charge in [0.15, 0.2) is 43.5 Å². The number of carbonyl (C=O) groups excluding carboxylic acids is 1. The Kier molecular flexibility index (Phi) is 23.3. The summed E-state index contributed by atoms with van der Waals surface area (Å²) in [7, 11) is 0. The Bertz CT molecular complexity index is 2530. The van der Waals surface area contributed by atoms with Gasteiger partial charge >= 0.3 is 0 Å². The van der Waals surface area contributed by atoms with Crippen LogP contribution in [0.15, 0.2) is 0 Å². The van der Waals surface area contributed by atoms with Gasteiger partial charge in [0.2, 0.25) is 0 Å². The zero-order valence-corrected chi connectivity index (χ0v) is 53.8. The summed E-state index contributed by atoms with van der Waals surface area (Å²) in [6, 6.07) is 0. The van der Waals surface area contributed by atoms with Crippen molar-refractivity contribution in [1.29, 1.82) is 0 Å². The molecule has 33 heteroatoms. The monoisotopic (exact) mass is 1370 g/mol. The molecule has 19 N–H and O–H groups in total. The van der Waals surface area contributed by atoms with Crippen LogP contribution in [0, 0.1) is 52.3 Å². The number of carbonyl (C=O) groups is 1. The van der Waals surface area contributed by atoms with E-state index < -0.39 is 234 Å². The number of hydrogen-bond donors (Lipinski definition) is 19. The third-order valence-electron chi connectivity index (χ3n) is 23.8. The molecule has 0 aromatic heterocycles. The average molecular weight is 1380 g/mol. The Morgan fingerprint density at radius 2 is 1.06 bits per heavy atom. The van der Waals surface area contributed by atoms with Gasteiger partial charge in [-0.15, -0.1) is 0 Å². The SMILES string of the molecule is CC(CCC1(O)OC2CC3C4CCC5CC(OC6OC(CO)C(OC7OC(CO)C(OC8OC(CO)C(O)C(O)C8OC8OCC(O)C(O)C8O)C(OC8OC(C)C(O)C(O)C8O)C7O)C(O)C6O)CCC5(C)C4CC(=O)C3(C)C2C1C)COC1OC(CO)C(O)C(O)C1O. The Morgan fingerprint density at radius 3 is 1.74 bits per heavy atom. The molecule has 0 aromatic carbocycles. The van der Waals surface area contributed by atoms with Crippen LogP contribution in [0.3, 0.4) is 0 Å². The molecule has 11 rings (SSSR count). The molecule has 33 nitrogen and oxygen atoms in total. The van der Waals surface area contributed by atoms with Gasteiger partial charge in [-0.05, 0) is 86.9 Å². The molecule has 95 heavy (non-hydrogen) atoms. The van der Waals surface area contributed by atoms with Crippen LogP contribution < -0.4 is 0 Å². The van der Waals surface area contributed by atoms with Crippen LogP contribution in [0.1, 0.15) is 92.4 Å². The predicted octanol–water partition coefficient (Wildman–Crippen LogP) is -7.46. The van der Waals surface area contributed by atoms with Crippen LogP contribution in [0.2, 0.25) is 0 Å². The molecule has 7 aliphatic heterocycles. The maximum atomic E-state index is 14.9. The van der Waals surface area contributed by atoms with Crippen LogP contribution in [0.25, 0.3) is 0 Å². The number of ketones is 1. The molecule has 11 fully saturated rings. The van der Waals surface area contributed by atoms with Crippen LogP contribution in [0.5, 0.6) is 0 Å². The van der Waals surface area contributed by atoms with E-state index in [4.69, 9.17) is 61.6 Å². The van der Waals surface area contributed by atoms with Gasteiger partial charge in [0.05, 0.1) is 58.0 Å². The quantitative estimate of drug-likeness (QED) is 0.0504. The van der Waals surface area contributed by atoms with Crippen molar-refractivity contribution in [3.63, 3.8) is 0 Å². The van der Waals surface area contributed by atoms with E-state index in [-0.39, 0.29) is 65.8 Å². The minimum absolute atomic E-state index is 0.00399. The van der Waals surface area contributed by atoms with E-state index in [9.17, 15) is 102 Å². The van der Waals surface area contributed by atoms with E-state index in [0.717, 1.165) is 12.8 Å². The van der Waals surface area contributed by atoms with E-state index in [2.05, 4.69) is 13.8 Å². The van der Waals surface area contributed by atoms with E-state index in [1.54, 1.807) is 0 Å². The van der Waals surface area contributed by atoms with Crippen molar-refractivity contribution in [2.45, 2.75) is 289 Å². The molecule has 7 heterocycles. The summed E-state index contributed by atoms with van der Waals surface area (Å²) in [6.45, 7) is 5.57. The summed E-state index contributed by atoms with van der Waals surface area (Å²) in [6.07, 6.45) is -46.5. The van der Waals surface area contributed by atoms with Crippen molar-refractivity contribution in [1.82, 2.24) is 0 Å². The second-order valence-corrected chi connectivity index (χ2v) is 29.3. The molecule has 0 spiro atoms. The van der Waals surface area contributed by atoms with Crippen molar-refractivity contribution >= 4 is 5.78 Å². The number of hydrogen-bond acceptors (Lipinski definition) is 33. The Hall–Kier alpha value is -1.61. The van der Waals surface area contributed by atoms with Gasteiger partial charge in [0.25, 0.3) is 0 Å². The summed E-state index contributed by atoms with van der Waals surface area (Å²) >= 11 is 0. The Labute approximate surface area is 548 Å². The van der Waals surface area contributed by atoms with Gasteiger partial charge in [-0.3, -0.25) is 4.79 Å². The molecule has 0 radical (unpaired) electrons. The lowest BCUT2D eigenvalue weighted by molar-refractivity contribution is -0.407. The van der Waals surface area contributed by atoms with Gasteiger partial charge in [0, 0.05) is 30.1 Å². The Morgan fingerprint density at radius 1 is 0.526 bits per heavy atom. The summed E-state index contributed by atoms with van der Waals surface area (Å²) in [4.78, 5) is 14.9. The lowest BCUT2D eigenvalue weighted by Crippen LogP contribution is -2.69. The highest BCUT2D eigenvalue weighted by Gasteiger charge is 2.71. The first kappa shape index (κ1) is 74.6. The van der Waals surface area contributed by atoms with Crippen molar-refractivity contribution < 1.29 is 163 Å². The minimum atomic E-state index is -2.18. The number of aliphatic hydroxyl groups excluding tert-OH is 18. The number of Topliss-reactive ketones (excluding diaryl/α,β-unsaturated/α-hetero) is 1. The highest BCUT2D eigenvalue weighted by molar-refractivity contribution is 5.87. The molecule has 11 aliphatic rings. The molecule has 4 aliphatic carbocycles. The molecule has 0 bridgehead atoms. The molecule has 0 amide bonds. The first-order valence-electron chi connectivity index (χ1n) is 33.6. The normalized spacial score (nSPS) is 55.3. The number of fused-ring (bicyclic) bond motifs is 7. The van der Waals surface area contributed by atoms with E-state index in [0.29, 0.717) is 38.5 Å². The summed E-state index contributed by atoms with van der Waals surface area (Å²) < 4.78 is 77.7. The molecule has 7 saturated heterocycles. The molecule has 41 atom stereocenters. The molecule has 4 saturated carbocycles. The number of aliphatic hydroxyl groups is 19. The van der Waals surface area contributed by atoms with Crippen molar-refractivity contribution in [3.8, 4) is 0 Å². The van der Waals surface area contributed by atoms with Crippen LogP contribution >= 0.6 is 0 Å². The topological polar surface area (TPSA) is 521 Å². The second kappa shape index (κ2) is 29.6. The molecule has 0 aromatic rings. The van der Waals surface area contributed by atoms with Crippen molar-refractivity contribution in [2.75, 3.05) is 39.6 Å². The van der Waals surface area contributed by atoms with E-state index in [1.165, 1.54) is 6.92 Å². The van der Waals surface area contributed by atoms with Gasteiger partial charge in [0.1, 0.15) is 140 Å². The predicted molar refractivity (Wildman–Crippen MR) is 310 cm³/mol. The lowest BCUT2D eigenvalue weighted by atomic mass is 9.44. The van der Waals surface area contributed by atoms with Crippen LogP contribution in [-0.4, -0.2) is 339 Å². The first-order valence-corrected chi connectivity index (χ1v) is 33.6. The lowest BCUT2D eigenvalue weighted by Gasteiger charge is -2.60. The van der Waals surface area contributed by atoms with E-state index >= 15 is 0 Å². The first-order chi connectivity index (χ1) is 44.9. The third kappa shape index (κ3) is 13.7. The van der Waals surface area contributed by atoms with Crippen LogP contribution in [-0.2, 0) is 66.4 Å². The fraction of sp³-hybridized carbons (Fsp3) is 0.984. The van der Waals surface area contributed by atoms with Gasteiger partial charge < -0.3 is 159 Å². The number of rotatable bonds is 20. The summed E-state index contributed by atoms with van der Waals surface area (Å²) in [5.41, 5.74) is -1.04. The Balaban J connectivity index is 0.724. The standard InChI is InChI=1S/C62H102O33/c1-21(19-83-54-46(78)42(74)39(71)31(15-63)87-54)8-11-62(82)22(2)36-30(95-62)13-28-26-7-6-24-12-25(9-10-60(24,4)27(26)14-35(68)61(28,36)5)86-57-48(80)44(76)50(33(17-65)89-57)91-58-49(81)52(93-56-47(79)41(73)37(69)23(3)85-56)51(34(18-66)90-58)92-59-53(43(75)40(72)32(16-64)88-59)94-55-45(77)38(70)29(67)20-84-55/h21-34,36-59,63-67,69-82H,6-20H2,1-5H3. The third-order valence-corrected chi connectivity index (χ3v) is 23.8. The van der Waals surface area contributed by atoms with Crippen molar-refractivity contribution in [2.24, 2.45) is 52.3 Å². The average Bonchev–Trinajstić information content (AvgIpc) is 1.50.